The Morgan fingerprint density at radius 2 is 1.90 bits per heavy atom. The molecular weight excluding hydrogens is 457 g/mol. The van der Waals surface area contributed by atoms with Crippen molar-refractivity contribution in [2.75, 3.05) is 6.61 Å². The van der Waals surface area contributed by atoms with E-state index in [1.807, 2.05) is 19.1 Å². The number of carboxylic acid groups (broad SMARTS) is 1. The maximum absolute atomic E-state index is 13.4. The summed E-state index contributed by atoms with van der Waals surface area (Å²) in [6.07, 6.45) is 0.0949. The second-order valence-corrected chi connectivity index (χ2v) is 8.51. The van der Waals surface area contributed by atoms with Gasteiger partial charge < -0.3 is 19.9 Å². The Morgan fingerprint density at radius 1 is 1.23 bits per heavy atom. The molecule has 1 heterocycles. The Labute approximate surface area is 182 Å². The Bertz CT molecular complexity index is 936. The van der Waals surface area contributed by atoms with E-state index in [4.69, 9.17) is 14.6 Å². The van der Waals surface area contributed by atoms with Crippen molar-refractivity contribution >= 4 is 27.8 Å². The van der Waals surface area contributed by atoms with Gasteiger partial charge in [0.05, 0.1) is 16.7 Å². The molecule has 0 unspecified atom stereocenters. The first kappa shape index (κ1) is 22.2. The highest BCUT2D eigenvalue weighted by Gasteiger charge is 2.41. The van der Waals surface area contributed by atoms with E-state index in [-0.39, 0.29) is 11.7 Å². The van der Waals surface area contributed by atoms with Gasteiger partial charge in [-0.2, -0.15) is 0 Å². The van der Waals surface area contributed by atoms with Crippen LogP contribution < -0.4 is 10.1 Å². The summed E-state index contributed by atoms with van der Waals surface area (Å²) in [5.41, 5.74) is 0.884. The van der Waals surface area contributed by atoms with Crippen molar-refractivity contribution in [2.45, 2.75) is 44.4 Å². The minimum Gasteiger partial charge on any atom is -0.480 e. The second kappa shape index (κ2) is 9.14. The Balaban J connectivity index is 1.98. The minimum atomic E-state index is -1.09. The molecule has 0 bridgehead atoms. The molecule has 1 fully saturated rings. The van der Waals surface area contributed by atoms with Gasteiger partial charge in [-0.15, -0.1) is 0 Å². The molecule has 2 aromatic carbocycles. The average molecular weight is 480 g/mol. The number of benzene rings is 2. The Hall–Kier alpha value is -2.45. The van der Waals surface area contributed by atoms with Crippen LogP contribution in [0.1, 0.15) is 50.0 Å². The largest absolute Gasteiger partial charge is 0.480 e. The third-order valence-electron chi connectivity index (χ3n) is 5.00. The quantitative estimate of drug-likeness (QED) is 0.635. The summed E-state index contributed by atoms with van der Waals surface area (Å²) in [5, 5.41) is 12.0. The topological polar surface area (TPSA) is 84.9 Å². The zero-order chi connectivity index (χ0) is 21.9. The molecule has 3 rings (SSSR count). The molecule has 3 atom stereocenters. The van der Waals surface area contributed by atoms with Gasteiger partial charge in [-0.3, -0.25) is 4.79 Å². The first-order chi connectivity index (χ1) is 14.2. The number of halogens is 2. The lowest BCUT2D eigenvalue weighted by atomic mass is 9.81. The predicted octanol–water partition coefficient (Wildman–Crippen LogP) is 4.54. The van der Waals surface area contributed by atoms with Gasteiger partial charge in [0.25, 0.3) is 0 Å². The van der Waals surface area contributed by atoms with E-state index in [0.29, 0.717) is 28.6 Å². The van der Waals surface area contributed by atoms with Gasteiger partial charge in [-0.25, -0.2) is 9.18 Å². The van der Waals surface area contributed by atoms with Crippen molar-refractivity contribution in [2.24, 2.45) is 0 Å². The molecule has 0 aromatic heterocycles. The van der Waals surface area contributed by atoms with E-state index < -0.39 is 30.3 Å². The number of nitrogens with one attached hydrogen (secondary N) is 1. The SMILES string of the molecule is CC(=O)N[C@]1(C)C[C@@H](c2ccc(F)cc2)O[C@@H](c2cccc(Br)c2OCC(=O)O)C1. The third kappa shape index (κ3) is 5.37. The van der Waals surface area contributed by atoms with Crippen molar-refractivity contribution < 1.29 is 28.6 Å². The number of para-hydroxylation sites is 1. The minimum absolute atomic E-state index is 0.160. The standard InChI is InChI=1S/C22H23BrFNO5/c1-13(26)25-22(2)10-18(14-6-8-15(24)9-7-14)30-19(11-22)16-4-3-5-17(23)21(16)29-12-20(27)28/h3-9,18-19H,10-12H2,1-2H3,(H,25,26)(H,27,28)/t18-,19+,22+/m0/s1. The number of hydrogen-bond acceptors (Lipinski definition) is 4. The number of carbonyl (C=O) groups excluding carboxylic acids is 1. The molecule has 6 nitrogen and oxygen atoms in total. The van der Waals surface area contributed by atoms with Gasteiger partial charge in [0, 0.05) is 30.9 Å². The first-order valence-electron chi connectivity index (χ1n) is 9.49. The van der Waals surface area contributed by atoms with E-state index in [0.717, 1.165) is 5.56 Å². The van der Waals surface area contributed by atoms with Crippen molar-refractivity contribution in [3.8, 4) is 5.75 Å². The van der Waals surface area contributed by atoms with Crippen LogP contribution >= 0.6 is 15.9 Å². The Kier molecular flexibility index (Phi) is 6.77. The first-order valence-corrected chi connectivity index (χ1v) is 10.3. The zero-order valence-corrected chi connectivity index (χ0v) is 18.2. The summed E-state index contributed by atoms with van der Waals surface area (Å²) in [7, 11) is 0. The number of amides is 1. The monoisotopic (exact) mass is 479 g/mol. The lowest BCUT2D eigenvalue weighted by molar-refractivity contribution is -0.139. The molecule has 30 heavy (non-hydrogen) atoms. The smallest absolute Gasteiger partial charge is 0.341 e. The fraction of sp³-hybridized carbons (Fsp3) is 0.364. The number of aliphatic carboxylic acids is 1. The van der Waals surface area contributed by atoms with Crippen LogP contribution in [-0.2, 0) is 14.3 Å². The van der Waals surface area contributed by atoms with Gasteiger partial charge >= 0.3 is 5.97 Å². The normalized spacial score (nSPS) is 23.6. The molecule has 0 saturated carbocycles. The molecule has 1 aliphatic heterocycles. The second-order valence-electron chi connectivity index (χ2n) is 7.66. The van der Waals surface area contributed by atoms with E-state index in [1.165, 1.54) is 19.1 Å². The molecule has 0 aliphatic carbocycles. The van der Waals surface area contributed by atoms with Gasteiger partial charge in [-0.05, 0) is 46.6 Å². The van der Waals surface area contributed by atoms with E-state index in [9.17, 15) is 14.0 Å². The van der Waals surface area contributed by atoms with Crippen molar-refractivity contribution in [3.63, 3.8) is 0 Å². The Morgan fingerprint density at radius 3 is 2.53 bits per heavy atom. The summed E-state index contributed by atoms with van der Waals surface area (Å²) in [6, 6.07) is 11.5. The summed E-state index contributed by atoms with van der Waals surface area (Å²) in [6.45, 7) is 2.91. The summed E-state index contributed by atoms with van der Waals surface area (Å²) >= 11 is 3.42. The van der Waals surface area contributed by atoms with Gasteiger partial charge in [0.15, 0.2) is 6.61 Å². The third-order valence-corrected chi connectivity index (χ3v) is 5.63. The van der Waals surface area contributed by atoms with Crippen LogP contribution in [0, 0.1) is 5.82 Å². The summed E-state index contributed by atoms with van der Waals surface area (Å²) in [4.78, 5) is 22.9. The molecule has 1 amide bonds. The summed E-state index contributed by atoms with van der Waals surface area (Å²) < 4.78 is 25.9. The molecule has 1 aliphatic rings. The molecule has 160 valence electrons. The van der Waals surface area contributed by atoms with Crippen LogP contribution in [0.3, 0.4) is 0 Å². The fourth-order valence-corrected chi connectivity index (χ4v) is 4.34. The maximum atomic E-state index is 13.4. The predicted molar refractivity (Wildman–Crippen MR) is 112 cm³/mol. The number of ether oxygens (including phenoxy) is 2. The number of carbonyl (C=O) groups is 2. The highest BCUT2D eigenvalue weighted by Crippen LogP contribution is 2.47. The highest BCUT2D eigenvalue weighted by molar-refractivity contribution is 9.10. The van der Waals surface area contributed by atoms with Crippen LogP contribution in [0.2, 0.25) is 0 Å². The van der Waals surface area contributed by atoms with Crippen LogP contribution in [0.15, 0.2) is 46.9 Å². The fourth-order valence-electron chi connectivity index (χ4n) is 3.85. The molecular formula is C22H23BrFNO5. The van der Waals surface area contributed by atoms with E-state index >= 15 is 0 Å². The van der Waals surface area contributed by atoms with Gasteiger partial charge in [-0.1, -0.05) is 24.3 Å². The maximum Gasteiger partial charge on any atom is 0.341 e. The molecule has 0 radical (unpaired) electrons. The summed E-state index contributed by atoms with van der Waals surface area (Å²) in [5.74, 6) is -1.21. The van der Waals surface area contributed by atoms with Crippen LogP contribution in [0.25, 0.3) is 0 Å². The van der Waals surface area contributed by atoms with Gasteiger partial charge in [0.1, 0.15) is 11.6 Å². The highest BCUT2D eigenvalue weighted by atomic mass is 79.9. The zero-order valence-electron chi connectivity index (χ0n) is 16.7. The number of hydrogen-bond donors (Lipinski definition) is 2. The lowest BCUT2D eigenvalue weighted by Gasteiger charge is -2.43. The number of carboxylic acids is 1. The van der Waals surface area contributed by atoms with Crippen molar-refractivity contribution in [3.05, 3.63) is 63.9 Å². The molecule has 0 spiro atoms. The average Bonchev–Trinajstić information content (AvgIpc) is 2.65. The van der Waals surface area contributed by atoms with Crippen LogP contribution in [0.4, 0.5) is 4.39 Å². The number of rotatable bonds is 6. The lowest BCUT2D eigenvalue weighted by Crippen LogP contribution is -2.50. The molecule has 1 saturated heterocycles. The molecule has 8 heteroatoms. The van der Waals surface area contributed by atoms with Crippen molar-refractivity contribution in [1.82, 2.24) is 5.32 Å². The van der Waals surface area contributed by atoms with Gasteiger partial charge in [0.2, 0.25) is 5.91 Å². The van der Waals surface area contributed by atoms with Crippen molar-refractivity contribution in [1.29, 1.82) is 0 Å². The van der Waals surface area contributed by atoms with Crippen LogP contribution in [-0.4, -0.2) is 29.1 Å². The van der Waals surface area contributed by atoms with Crippen LogP contribution in [0.5, 0.6) is 5.75 Å². The molecule has 2 N–H and O–H groups in total. The van der Waals surface area contributed by atoms with E-state index in [1.54, 1.807) is 18.2 Å². The molecule has 2 aromatic rings. The van der Waals surface area contributed by atoms with E-state index in [2.05, 4.69) is 21.2 Å².